The molecule has 3 heteroatoms. The second kappa shape index (κ2) is 4.49. The Labute approximate surface area is 82.8 Å². The van der Waals surface area contributed by atoms with E-state index in [1.807, 2.05) is 6.92 Å². The summed E-state index contributed by atoms with van der Waals surface area (Å²) in [5, 5.41) is 19.1. The van der Waals surface area contributed by atoms with Crippen LogP contribution in [-0.2, 0) is 0 Å². The minimum Gasteiger partial charge on any atom is -0.508 e. The standard InChI is InChI=1S/C10H13ClO2/c1-2-7(6-12)9-4-3-8(11)5-10(9)13/h3-5,7,12-13H,2,6H2,1H3. The number of benzene rings is 1. The predicted octanol–water partition coefficient (Wildman–Crippen LogP) is 2.53. The van der Waals surface area contributed by atoms with Crippen LogP contribution in [0.15, 0.2) is 18.2 Å². The van der Waals surface area contributed by atoms with Crippen molar-refractivity contribution in [2.45, 2.75) is 19.3 Å². The van der Waals surface area contributed by atoms with Crippen molar-refractivity contribution in [1.29, 1.82) is 0 Å². The van der Waals surface area contributed by atoms with Gasteiger partial charge in [-0.15, -0.1) is 0 Å². The first kappa shape index (κ1) is 10.4. The first-order chi connectivity index (χ1) is 6.19. The van der Waals surface area contributed by atoms with E-state index in [4.69, 9.17) is 16.7 Å². The third kappa shape index (κ3) is 2.36. The average Bonchev–Trinajstić information content (AvgIpc) is 2.10. The Kier molecular flexibility index (Phi) is 3.58. The highest BCUT2D eigenvalue weighted by atomic mass is 35.5. The van der Waals surface area contributed by atoms with E-state index in [2.05, 4.69) is 0 Å². The molecule has 0 radical (unpaired) electrons. The molecule has 1 unspecified atom stereocenters. The molecule has 1 rings (SSSR count). The van der Waals surface area contributed by atoms with Crippen molar-refractivity contribution < 1.29 is 10.2 Å². The molecule has 0 aliphatic rings. The molecule has 0 saturated carbocycles. The summed E-state index contributed by atoms with van der Waals surface area (Å²) in [5.74, 6) is 0.158. The molecule has 0 aromatic heterocycles. The lowest BCUT2D eigenvalue weighted by atomic mass is 9.97. The summed E-state index contributed by atoms with van der Waals surface area (Å²) >= 11 is 5.69. The van der Waals surface area contributed by atoms with E-state index in [0.717, 1.165) is 12.0 Å². The van der Waals surface area contributed by atoms with Crippen LogP contribution in [0.25, 0.3) is 0 Å². The molecule has 0 spiro atoms. The summed E-state index contributed by atoms with van der Waals surface area (Å²) in [6, 6.07) is 4.96. The Morgan fingerprint density at radius 2 is 2.15 bits per heavy atom. The van der Waals surface area contributed by atoms with Gasteiger partial charge < -0.3 is 10.2 Å². The lowest BCUT2D eigenvalue weighted by Gasteiger charge is -2.13. The van der Waals surface area contributed by atoms with Gasteiger partial charge in [0.15, 0.2) is 0 Å². The van der Waals surface area contributed by atoms with Gasteiger partial charge in [0.25, 0.3) is 0 Å². The Morgan fingerprint density at radius 3 is 2.62 bits per heavy atom. The largest absolute Gasteiger partial charge is 0.508 e. The van der Waals surface area contributed by atoms with Crippen molar-refractivity contribution >= 4 is 11.6 Å². The van der Waals surface area contributed by atoms with Gasteiger partial charge in [-0.3, -0.25) is 0 Å². The number of aliphatic hydroxyl groups is 1. The minimum absolute atomic E-state index is 0.00253. The van der Waals surface area contributed by atoms with Crippen molar-refractivity contribution in [2.75, 3.05) is 6.61 Å². The molecular weight excluding hydrogens is 188 g/mol. The van der Waals surface area contributed by atoms with Crippen LogP contribution in [-0.4, -0.2) is 16.8 Å². The molecule has 0 heterocycles. The van der Waals surface area contributed by atoms with Gasteiger partial charge >= 0.3 is 0 Å². The van der Waals surface area contributed by atoms with Crippen LogP contribution in [0.5, 0.6) is 5.75 Å². The molecule has 13 heavy (non-hydrogen) atoms. The molecule has 0 aliphatic carbocycles. The molecular formula is C10H13ClO2. The zero-order valence-corrected chi connectivity index (χ0v) is 8.25. The molecule has 72 valence electrons. The molecule has 0 bridgehead atoms. The Morgan fingerprint density at radius 1 is 1.46 bits per heavy atom. The van der Waals surface area contributed by atoms with Crippen molar-refractivity contribution in [3.05, 3.63) is 28.8 Å². The number of aliphatic hydroxyl groups excluding tert-OH is 1. The van der Waals surface area contributed by atoms with Gasteiger partial charge in [0.2, 0.25) is 0 Å². The number of hydrogen-bond donors (Lipinski definition) is 2. The van der Waals surface area contributed by atoms with Gasteiger partial charge in [-0.25, -0.2) is 0 Å². The lowest BCUT2D eigenvalue weighted by molar-refractivity contribution is 0.259. The first-order valence-electron chi connectivity index (χ1n) is 4.28. The number of rotatable bonds is 3. The first-order valence-corrected chi connectivity index (χ1v) is 4.66. The van der Waals surface area contributed by atoms with Crippen molar-refractivity contribution in [3.8, 4) is 5.75 Å². The number of phenolic OH excluding ortho intramolecular Hbond substituents is 1. The maximum Gasteiger partial charge on any atom is 0.120 e. The van der Waals surface area contributed by atoms with Gasteiger partial charge in [-0.1, -0.05) is 24.6 Å². The predicted molar refractivity (Wildman–Crippen MR) is 53.2 cm³/mol. The average molecular weight is 201 g/mol. The quantitative estimate of drug-likeness (QED) is 0.787. The van der Waals surface area contributed by atoms with Gasteiger partial charge in [-0.05, 0) is 24.1 Å². The van der Waals surface area contributed by atoms with E-state index in [9.17, 15) is 5.11 Å². The summed E-state index contributed by atoms with van der Waals surface area (Å²) in [4.78, 5) is 0. The highest BCUT2D eigenvalue weighted by molar-refractivity contribution is 6.30. The molecule has 1 atom stereocenters. The fraction of sp³-hybridized carbons (Fsp3) is 0.400. The van der Waals surface area contributed by atoms with E-state index in [-0.39, 0.29) is 18.3 Å². The Hall–Kier alpha value is -0.730. The Balaban J connectivity index is 2.99. The summed E-state index contributed by atoms with van der Waals surface area (Å²) in [6.07, 6.45) is 0.797. The van der Waals surface area contributed by atoms with Crippen LogP contribution in [0.4, 0.5) is 0 Å². The van der Waals surface area contributed by atoms with Gasteiger partial charge in [-0.2, -0.15) is 0 Å². The van der Waals surface area contributed by atoms with Crippen LogP contribution < -0.4 is 0 Å². The lowest BCUT2D eigenvalue weighted by Crippen LogP contribution is -2.02. The molecule has 0 amide bonds. The van der Waals surface area contributed by atoms with Crippen LogP contribution in [0.1, 0.15) is 24.8 Å². The molecule has 2 nitrogen and oxygen atoms in total. The summed E-state index contributed by atoms with van der Waals surface area (Å²) < 4.78 is 0. The van der Waals surface area contributed by atoms with Crippen LogP contribution in [0, 0.1) is 0 Å². The maximum absolute atomic E-state index is 9.53. The summed E-state index contributed by atoms with van der Waals surface area (Å²) in [7, 11) is 0. The number of halogens is 1. The molecule has 1 aromatic rings. The minimum atomic E-state index is -0.00253. The highest BCUT2D eigenvalue weighted by Crippen LogP contribution is 2.29. The third-order valence-corrected chi connectivity index (χ3v) is 2.38. The second-order valence-electron chi connectivity index (χ2n) is 2.99. The van der Waals surface area contributed by atoms with Crippen LogP contribution in [0.2, 0.25) is 5.02 Å². The fourth-order valence-corrected chi connectivity index (χ4v) is 1.48. The third-order valence-electron chi connectivity index (χ3n) is 2.15. The summed E-state index contributed by atoms with van der Waals surface area (Å²) in [6.45, 7) is 2.01. The number of phenols is 1. The van der Waals surface area contributed by atoms with Gasteiger partial charge in [0.05, 0.1) is 6.61 Å². The van der Waals surface area contributed by atoms with E-state index in [1.54, 1.807) is 12.1 Å². The van der Waals surface area contributed by atoms with Gasteiger partial charge in [0, 0.05) is 10.9 Å². The molecule has 0 aliphatic heterocycles. The topological polar surface area (TPSA) is 40.5 Å². The smallest absolute Gasteiger partial charge is 0.120 e. The normalized spacial score (nSPS) is 12.8. The maximum atomic E-state index is 9.53. The molecule has 0 fully saturated rings. The van der Waals surface area contributed by atoms with E-state index >= 15 is 0 Å². The Bertz CT molecular complexity index is 282. The molecule has 2 N–H and O–H groups in total. The molecule has 1 aromatic carbocycles. The zero-order valence-electron chi connectivity index (χ0n) is 7.50. The van der Waals surface area contributed by atoms with Crippen molar-refractivity contribution in [1.82, 2.24) is 0 Å². The van der Waals surface area contributed by atoms with E-state index in [0.29, 0.717) is 5.02 Å². The summed E-state index contributed by atoms with van der Waals surface area (Å²) in [5.41, 5.74) is 0.759. The van der Waals surface area contributed by atoms with Crippen LogP contribution in [0.3, 0.4) is 0 Å². The van der Waals surface area contributed by atoms with Gasteiger partial charge in [0.1, 0.15) is 5.75 Å². The number of aromatic hydroxyl groups is 1. The second-order valence-corrected chi connectivity index (χ2v) is 3.43. The van der Waals surface area contributed by atoms with E-state index in [1.165, 1.54) is 6.07 Å². The fourth-order valence-electron chi connectivity index (χ4n) is 1.31. The molecule has 0 saturated heterocycles. The monoisotopic (exact) mass is 200 g/mol. The zero-order chi connectivity index (χ0) is 9.84. The number of hydrogen-bond acceptors (Lipinski definition) is 2. The highest BCUT2D eigenvalue weighted by Gasteiger charge is 2.12. The van der Waals surface area contributed by atoms with Crippen LogP contribution >= 0.6 is 11.6 Å². The van der Waals surface area contributed by atoms with Crippen molar-refractivity contribution in [2.24, 2.45) is 0 Å². The van der Waals surface area contributed by atoms with Crippen molar-refractivity contribution in [3.63, 3.8) is 0 Å². The van der Waals surface area contributed by atoms with E-state index < -0.39 is 0 Å². The SMILES string of the molecule is CCC(CO)c1ccc(Cl)cc1O.